The zero-order valence-corrected chi connectivity index (χ0v) is 12.7. The monoisotopic (exact) mass is 299 g/mol. The summed E-state index contributed by atoms with van der Waals surface area (Å²) in [4.78, 5) is 13.9. The van der Waals surface area contributed by atoms with E-state index in [4.69, 9.17) is 10.5 Å². The number of hydrogen-bond donors (Lipinski definition) is 1. The van der Waals surface area contributed by atoms with Crippen LogP contribution in [0.2, 0.25) is 0 Å². The number of carbonyl (C=O) groups is 1. The summed E-state index contributed by atoms with van der Waals surface area (Å²) in [6.07, 6.45) is 3.60. The Hall–Kier alpha value is -1.94. The fraction of sp³-hybridized carbons (Fsp3) is 0.235. The van der Waals surface area contributed by atoms with E-state index < -0.39 is 5.97 Å². The van der Waals surface area contributed by atoms with Crippen molar-refractivity contribution in [2.24, 2.45) is 0 Å². The Morgan fingerprint density at radius 2 is 1.81 bits per heavy atom. The van der Waals surface area contributed by atoms with Crippen LogP contribution in [0, 0.1) is 0 Å². The van der Waals surface area contributed by atoms with Gasteiger partial charge in [-0.25, -0.2) is 4.79 Å². The van der Waals surface area contributed by atoms with E-state index >= 15 is 0 Å². The van der Waals surface area contributed by atoms with Crippen molar-refractivity contribution in [3.8, 4) is 0 Å². The Bertz CT molecular complexity index is 697. The number of rotatable bonds is 3. The first-order chi connectivity index (χ1) is 10.2. The first-order valence-corrected chi connectivity index (χ1v) is 7.76. The molecule has 4 heteroatoms. The molecule has 0 heterocycles. The molecule has 0 bridgehead atoms. The molecule has 2 N–H and O–H groups in total. The number of methoxy groups -OCH3 is 1. The summed E-state index contributed by atoms with van der Waals surface area (Å²) in [5.41, 5.74) is 9.60. The number of ether oxygens (including phenoxy) is 1. The highest BCUT2D eigenvalue weighted by molar-refractivity contribution is 7.99. The lowest BCUT2D eigenvalue weighted by Crippen LogP contribution is -2.05. The molecule has 0 unspecified atom stereocenters. The number of anilines is 1. The number of hydrogen-bond acceptors (Lipinski definition) is 4. The van der Waals surface area contributed by atoms with Crippen molar-refractivity contribution in [1.82, 2.24) is 0 Å². The lowest BCUT2D eigenvalue weighted by molar-refractivity contribution is 0.0601. The molecule has 0 fully saturated rings. The molecular weight excluding hydrogens is 282 g/mol. The van der Waals surface area contributed by atoms with Gasteiger partial charge in [-0.1, -0.05) is 17.8 Å². The predicted octanol–water partition coefficient (Wildman–Crippen LogP) is 3.70. The van der Waals surface area contributed by atoms with Crippen molar-refractivity contribution < 1.29 is 9.53 Å². The Morgan fingerprint density at radius 1 is 1.10 bits per heavy atom. The van der Waals surface area contributed by atoms with Gasteiger partial charge in [0.2, 0.25) is 0 Å². The van der Waals surface area contributed by atoms with E-state index in [-0.39, 0.29) is 0 Å². The summed E-state index contributed by atoms with van der Waals surface area (Å²) in [6, 6.07) is 12.1. The topological polar surface area (TPSA) is 52.3 Å². The van der Waals surface area contributed by atoms with Gasteiger partial charge in [-0.2, -0.15) is 0 Å². The van der Waals surface area contributed by atoms with E-state index in [0.29, 0.717) is 11.3 Å². The molecular formula is C17H17NO2S. The molecule has 0 atom stereocenters. The molecule has 0 amide bonds. The van der Waals surface area contributed by atoms with Crippen LogP contribution in [-0.4, -0.2) is 13.1 Å². The van der Waals surface area contributed by atoms with Crippen LogP contribution in [0.1, 0.15) is 27.9 Å². The van der Waals surface area contributed by atoms with Gasteiger partial charge in [-0.3, -0.25) is 0 Å². The number of nitrogens with two attached hydrogens (primary N) is 1. The van der Waals surface area contributed by atoms with Gasteiger partial charge in [-0.15, -0.1) is 0 Å². The van der Waals surface area contributed by atoms with Crippen LogP contribution in [-0.2, 0) is 17.6 Å². The summed E-state index contributed by atoms with van der Waals surface area (Å²) in [7, 11) is 1.36. The molecule has 21 heavy (non-hydrogen) atoms. The molecule has 1 aliphatic rings. The SMILES string of the molecule is COC(=O)c1cc(Sc2ccc3c(c2)CCC3)ccc1N. The maximum atomic E-state index is 11.7. The Balaban J connectivity index is 1.86. The normalized spacial score (nSPS) is 13.0. The smallest absolute Gasteiger partial charge is 0.339 e. The van der Waals surface area contributed by atoms with Gasteiger partial charge in [0.25, 0.3) is 0 Å². The Labute approximate surface area is 128 Å². The fourth-order valence-electron chi connectivity index (χ4n) is 2.63. The first-order valence-electron chi connectivity index (χ1n) is 6.95. The van der Waals surface area contributed by atoms with E-state index in [2.05, 4.69) is 18.2 Å². The second-order valence-electron chi connectivity index (χ2n) is 5.13. The van der Waals surface area contributed by atoms with E-state index in [1.165, 1.54) is 42.4 Å². The molecule has 0 aliphatic heterocycles. The maximum absolute atomic E-state index is 11.7. The van der Waals surface area contributed by atoms with Gasteiger partial charge >= 0.3 is 5.97 Å². The number of esters is 1. The fourth-order valence-corrected chi connectivity index (χ4v) is 3.56. The van der Waals surface area contributed by atoms with Gasteiger partial charge in [0.1, 0.15) is 0 Å². The highest BCUT2D eigenvalue weighted by Crippen LogP contribution is 2.33. The van der Waals surface area contributed by atoms with Gasteiger partial charge in [-0.05, 0) is 60.7 Å². The first kappa shape index (κ1) is 14.0. The van der Waals surface area contributed by atoms with Crippen LogP contribution in [0.3, 0.4) is 0 Å². The van der Waals surface area contributed by atoms with E-state index in [1.807, 2.05) is 6.07 Å². The molecule has 3 nitrogen and oxygen atoms in total. The zero-order chi connectivity index (χ0) is 14.8. The molecule has 0 spiro atoms. The van der Waals surface area contributed by atoms with Gasteiger partial charge in [0.15, 0.2) is 0 Å². The van der Waals surface area contributed by atoms with Crippen LogP contribution in [0.5, 0.6) is 0 Å². The average molecular weight is 299 g/mol. The molecule has 0 saturated carbocycles. The highest BCUT2D eigenvalue weighted by atomic mass is 32.2. The largest absolute Gasteiger partial charge is 0.465 e. The van der Waals surface area contributed by atoms with Gasteiger partial charge in [0.05, 0.1) is 12.7 Å². The third-order valence-corrected chi connectivity index (χ3v) is 4.72. The molecule has 1 aliphatic carbocycles. The second kappa shape index (κ2) is 5.82. The van der Waals surface area contributed by atoms with Gasteiger partial charge in [0, 0.05) is 15.5 Å². The van der Waals surface area contributed by atoms with Gasteiger partial charge < -0.3 is 10.5 Å². The standard InChI is InChI=1S/C17H17NO2S/c1-20-17(19)15-10-14(7-8-16(15)18)21-13-6-5-11-3-2-4-12(11)9-13/h5-10H,2-4,18H2,1H3. The highest BCUT2D eigenvalue weighted by Gasteiger charge is 2.13. The van der Waals surface area contributed by atoms with Crippen LogP contribution in [0.4, 0.5) is 5.69 Å². The van der Waals surface area contributed by atoms with Crippen molar-refractivity contribution in [2.45, 2.75) is 29.1 Å². The van der Waals surface area contributed by atoms with Crippen LogP contribution in [0.25, 0.3) is 0 Å². The maximum Gasteiger partial charge on any atom is 0.339 e. The Morgan fingerprint density at radius 3 is 2.62 bits per heavy atom. The van der Waals surface area contributed by atoms with Crippen molar-refractivity contribution in [3.63, 3.8) is 0 Å². The Kier molecular flexibility index (Phi) is 3.88. The third-order valence-electron chi connectivity index (χ3n) is 3.74. The molecule has 0 radical (unpaired) electrons. The molecule has 0 aromatic heterocycles. The zero-order valence-electron chi connectivity index (χ0n) is 11.9. The number of nitrogen functional groups attached to an aromatic ring is 1. The minimum atomic E-state index is -0.399. The molecule has 108 valence electrons. The number of benzene rings is 2. The summed E-state index contributed by atoms with van der Waals surface area (Å²) in [6.45, 7) is 0. The minimum absolute atomic E-state index is 0.399. The van der Waals surface area contributed by atoms with Crippen LogP contribution in [0.15, 0.2) is 46.2 Å². The van der Waals surface area contributed by atoms with Crippen molar-refractivity contribution >= 4 is 23.4 Å². The third kappa shape index (κ3) is 2.90. The number of fused-ring (bicyclic) bond motifs is 1. The summed E-state index contributed by atoms with van der Waals surface area (Å²) in [5, 5.41) is 0. The van der Waals surface area contributed by atoms with E-state index in [0.717, 1.165) is 4.90 Å². The van der Waals surface area contributed by atoms with Crippen LogP contribution < -0.4 is 5.73 Å². The van der Waals surface area contributed by atoms with Crippen molar-refractivity contribution in [3.05, 3.63) is 53.1 Å². The average Bonchev–Trinajstić information content (AvgIpc) is 2.96. The summed E-state index contributed by atoms with van der Waals surface area (Å²) < 4.78 is 4.75. The lowest BCUT2D eigenvalue weighted by atomic mass is 10.1. The molecule has 2 aromatic rings. The van der Waals surface area contributed by atoms with Crippen LogP contribution >= 0.6 is 11.8 Å². The van der Waals surface area contributed by atoms with Crippen molar-refractivity contribution in [1.29, 1.82) is 0 Å². The number of carbonyl (C=O) groups excluding carboxylic acids is 1. The lowest BCUT2D eigenvalue weighted by Gasteiger charge is -2.08. The predicted molar refractivity (Wildman–Crippen MR) is 84.8 cm³/mol. The van der Waals surface area contributed by atoms with E-state index in [9.17, 15) is 4.79 Å². The number of aryl methyl sites for hydroxylation is 2. The summed E-state index contributed by atoms with van der Waals surface area (Å²) >= 11 is 1.64. The molecule has 0 saturated heterocycles. The van der Waals surface area contributed by atoms with E-state index in [1.54, 1.807) is 23.9 Å². The van der Waals surface area contributed by atoms with Crippen molar-refractivity contribution in [2.75, 3.05) is 12.8 Å². The molecule has 2 aromatic carbocycles. The minimum Gasteiger partial charge on any atom is -0.465 e. The quantitative estimate of drug-likeness (QED) is 0.693. The molecule has 3 rings (SSSR count). The summed E-state index contributed by atoms with van der Waals surface area (Å²) in [5.74, 6) is -0.399. The second-order valence-corrected chi connectivity index (χ2v) is 6.27.